The molecule has 2 aromatic carbocycles. The number of fused-ring (bicyclic) bond motifs is 1. The fourth-order valence-corrected chi connectivity index (χ4v) is 2.81. The minimum atomic E-state index is 0.483. The fraction of sp³-hybridized carbons (Fsp3) is 0.368. The molecule has 1 N–H and O–H groups in total. The Bertz CT molecular complexity index is 606. The van der Waals surface area contributed by atoms with Crippen LogP contribution in [0.25, 0.3) is 0 Å². The Kier molecular flexibility index (Phi) is 4.26. The first-order valence-corrected chi connectivity index (χ1v) is 7.76. The molecule has 0 radical (unpaired) electrons. The zero-order valence-electron chi connectivity index (χ0n) is 12.8. The van der Waals surface area contributed by atoms with Gasteiger partial charge < -0.3 is 10.1 Å². The molecule has 2 aromatic rings. The minimum Gasteiger partial charge on any atom is -0.493 e. The lowest BCUT2D eigenvalue weighted by Gasteiger charge is -2.30. The Morgan fingerprint density at radius 1 is 1.10 bits per heavy atom. The largest absolute Gasteiger partial charge is 0.493 e. The summed E-state index contributed by atoms with van der Waals surface area (Å²) in [5.74, 6) is 1.56. The SMILES string of the molecule is CC(C)NCc1ccccc1OCC1Cc2ccccc21. The van der Waals surface area contributed by atoms with Crippen LogP contribution in [0, 0.1) is 0 Å². The standard InChI is InChI=1S/C19H23NO/c1-14(2)20-12-16-8-4-6-10-19(16)21-13-17-11-15-7-3-5-9-18(15)17/h3-10,14,17,20H,11-13H2,1-2H3. The van der Waals surface area contributed by atoms with Gasteiger partial charge in [0.05, 0.1) is 6.61 Å². The molecule has 0 saturated heterocycles. The molecule has 1 aliphatic rings. The molecule has 0 bridgehead atoms. The van der Waals surface area contributed by atoms with Gasteiger partial charge in [-0.2, -0.15) is 0 Å². The van der Waals surface area contributed by atoms with Crippen molar-refractivity contribution in [1.29, 1.82) is 0 Å². The number of hydrogen-bond acceptors (Lipinski definition) is 2. The quantitative estimate of drug-likeness (QED) is 0.867. The average molecular weight is 281 g/mol. The lowest BCUT2D eigenvalue weighted by molar-refractivity contribution is 0.272. The summed E-state index contributed by atoms with van der Waals surface area (Å²) in [4.78, 5) is 0. The van der Waals surface area contributed by atoms with E-state index in [4.69, 9.17) is 4.74 Å². The van der Waals surface area contributed by atoms with Gasteiger partial charge in [-0.25, -0.2) is 0 Å². The predicted molar refractivity (Wildman–Crippen MR) is 86.8 cm³/mol. The molecular formula is C19H23NO. The van der Waals surface area contributed by atoms with Gasteiger partial charge in [0.15, 0.2) is 0 Å². The molecule has 0 spiro atoms. The van der Waals surface area contributed by atoms with Crippen LogP contribution in [0.4, 0.5) is 0 Å². The van der Waals surface area contributed by atoms with Crippen LogP contribution in [-0.2, 0) is 13.0 Å². The highest BCUT2D eigenvalue weighted by Crippen LogP contribution is 2.35. The minimum absolute atomic E-state index is 0.483. The third kappa shape index (κ3) is 3.27. The Morgan fingerprint density at radius 3 is 2.67 bits per heavy atom. The van der Waals surface area contributed by atoms with Crippen molar-refractivity contribution < 1.29 is 4.74 Å². The molecule has 1 aliphatic carbocycles. The third-order valence-corrected chi connectivity index (χ3v) is 4.07. The maximum absolute atomic E-state index is 6.09. The normalized spacial score (nSPS) is 16.4. The van der Waals surface area contributed by atoms with E-state index in [2.05, 4.69) is 61.6 Å². The van der Waals surface area contributed by atoms with E-state index in [9.17, 15) is 0 Å². The van der Waals surface area contributed by atoms with Gasteiger partial charge >= 0.3 is 0 Å². The number of ether oxygens (including phenoxy) is 1. The summed E-state index contributed by atoms with van der Waals surface area (Å²) in [6.07, 6.45) is 1.14. The van der Waals surface area contributed by atoms with Crippen LogP contribution in [0.5, 0.6) is 5.75 Å². The van der Waals surface area contributed by atoms with Crippen molar-refractivity contribution >= 4 is 0 Å². The van der Waals surface area contributed by atoms with Crippen LogP contribution in [0.1, 0.15) is 36.5 Å². The second-order valence-corrected chi connectivity index (χ2v) is 6.05. The summed E-state index contributed by atoms with van der Waals surface area (Å²) >= 11 is 0. The highest BCUT2D eigenvalue weighted by Gasteiger charge is 2.26. The zero-order valence-corrected chi connectivity index (χ0v) is 12.8. The molecule has 0 aromatic heterocycles. The number of benzene rings is 2. The second-order valence-electron chi connectivity index (χ2n) is 6.05. The number of hydrogen-bond donors (Lipinski definition) is 1. The van der Waals surface area contributed by atoms with E-state index in [1.54, 1.807) is 0 Å². The molecule has 1 unspecified atom stereocenters. The van der Waals surface area contributed by atoms with Crippen molar-refractivity contribution in [3.05, 3.63) is 65.2 Å². The molecule has 2 heteroatoms. The maximum Gasteiger partial charge on any atom is 0.123 e. The van der Waals surface area contributed by atoms with E-state index in [1.807, 2.05) is 6.07 Å². The van der Waals surface area contributed by atoms with E-state index >= 15 is 0 Å². The third-order valence-electron chi connectivity index (χ3n) is 4.07. The lowest BCUT2D eigenvalue weighted by atomic mass is 9.78. The van der Waals surface area contributed by atoms with Gasteiger partial charge in [0.2, 0.25) is 0 Å². The Labute approximate surface area is 127 Å². The van der Waals surface area contributed by atoms with E-state index in [0.717, 1.165) is 25.3 Å². The van der Waals surface area contributed by atoms with E-state index < -0.39 is 0 Å². The highest BCUT2D eigenvalue weighted by molar-refractivity contribution is 5.40. The molecule has 110 valence electrons. The van der Waals surface area contributed by atoms with E-state index in [0.29, 0.717) is 12.0 Å². The molecule has 3 rings (SSSR count). The first-order valence-electron chi connectivity index (χ1n) is 7.76. The van der Waals surface area contributed by atoms with Crippen LogP contribution in [0.15, 0.2) is 48.5 Å². The van der Waals surface area contributed by atoms with E-state index in [1.165, 1.54) is 16.7 Å². The highest BCUT2D eigenvalue weighted by atomic mass is 16.5. The zero-order chi connectivity index (χ0) is 14.7. The molecule has 0 heterocycles. The molecule has 2 nitrogen and oxygen atoms in total. The van der Waals surface area contributed by atoms with Gasteiger partial charge in [0.1, 0.15) is 5.75 Å². The van der Waals surface area contributed by atoms with Crippen molar-refractivity contribution in [2.45, 2.75) is 38.8 Å². The van der Waals surface area contributed by atoms with Gasteiger partial charge in [-0.3, -0.25) is 0 Å². The monoisotopic (exact) mass is 281 g/mol. The number of para-hydroxylation sites is 1. The van der Waals surface area contributed by atoms with Crippen molar-refractivity contribution in [2.24, 2.45) is 0 Å². The van der Waals surface area contributed by atoms with Gasteiger partial charge in [-0.15, -0.1) is 0 Å². The Morgan fingerprint density at radius 2 is 1.86 bits per heavy atom. The molecular weight excluding hydrogens is 258 g/mol. The van der Waals surface area contributed by atoms with Crippen LogP contribution in [0.2, 0.25) is 0 Å². The van der Waals surface area contributed by atoms with Crippen molar-refractivity contribution in [3.8, 4) is 5.75 Å². The summed E-state index contributed by atoms with van der Waals surface area (Å²) in [5.41, 5.74) is 4.16. The molecule has 1 atom stereocenters. The molecule has 0 aliphatic heterocycles. The van der Waals surface area contributed by atoms with Crippen LogP contribution in [0.3, 0.4) is 0 Å². The van der Waals surface area contributed by atoms with Gasteiger partial charge in [-0.05, 0) is 23.6 Å². The summed E-state index contributed by atoms with van der Waals surface area (Å²) in [7, 11) is 0. The van der Waals surface area contributed by atoms with Gasteiger partial charge in [0.25, 0.3) is 0 Å². The smallest absolute Gasteiger partial charge is 0.123 e. The second kappa shape index (κ2) is 6.31. The maximum atomic E-state index is 6.09. The topological polar surface area (TPSA) is 21.3 Å². The first kappa shape index (κ1) is 14.2. The molecule has 21 heavy (non-hydrogen) atoms. The van der Waals surface area contributed by atoms with Crippen LogP contribution < -0.4 is 10.1 Å². The van der Waals surface area contributed by atoms with Crippen molar-refractivity contribution in [3.63, 3.8) is 0 Å². The van der Waals surface area contributed by atoms with Gasteiger partial charge in [0, 0.05) is 24.1 Å². The van der Waals surface area contributed by atoms with E-state index in [-0.39, 0.29) is 0 Å². The van der Waals surface area contributed by atoms with Crippen molar-refractivity contribution in [1.82, 2.24) is 5.32 Å². The van der Waals surface area contributed by atoms with Crippen LogP contribution in [-0.4, -0.2) is 12.6 Å². The summed E-state index contributed by atoms with van der Waals surface area (Å²) in [6, 6.07) is 17.5. The number of rotatable bonds is 6. The number of nitrogens with one attached hydrogen (secondary N) is 1. The molecule has 0 fully saturated rings. The lowest BCUT2D eigenvalue weighted by Crippen LogP contribution is -2.24. The summed E-state index contributed by atoms with van der Waals surface area (Å²) in [6.45, 7) is 5.95. The Hall–Kier alpha value is -1.80. The predicted octanol–water partition coefficient (Wildman–Crippen LogP) is 3.90. The molecule has 0 amide bonds. The van der Waals surface area contributed by atoms with Crippen molar-refractivity contribution in [2.75, 3.05) is 6.61 Å². The molecule has 0 saturated carbocycles. The first-order chi connectivity index (χ1) is 10.2. The summed E-state index contributed by atoms with van der Waals surface area (Å²) in [5, 5.41) is 3.45. The average Bonchev–Trinajstić information content (AvgIpc) is 2.47. The summed E-state index contributed by atoms with van der Waals surface area (Å²) < 4.78 is 6.09. The Balaban J connectivity index is 1.61. The fourth-order valence-electron chi connectivity index (χ4n) is 2.81. The van der Waals surface area contributed by atoms with Crippen LogP contribution >= 0.6 is 0 Å². The van der Waals surface area contributed by atoms with Gasteiger partial charge in [-0.1, -0.05) is 56.3 Å².